The van der Waals surface area contributed by atoms with Crippen molar-refractivity contribution in [1.82, 2.24) is 9.88 Å². The zero-order chi connectivity index (χ0) is 12.4. The molecule has 1 aromatic heterocycles. The van der Waals surface area contributed by atoms with E-state index in [1.165, 1.54) is 5.56 Å². The number of carbonyl (C=O) groups is 1. The van der Waals surface area contributed by atoms with Crippen molar-refractivity contribution in [2.24, 2.45) is 0 Å². The number of aromatic nitrogens is 1. The van der Waals surface area contributed by atoms with Gasteiger partial charge in [-0.1, -0.05) is 17.7 Å². The van der Waals surface area contributed by atoms with Crippen LogP contribution in [0.4, 0.5) is 4.79 Å². The van der Waals surface area contributed by atoms with Crippen molar-refractivity contribution in [3.05, 3.63) is 47.8 Å². The molecule has 0 unspecified atom stereocenters. The van der Waals surface area contributed by atoms with Gasteiger partial charge in [0.1, 0.15) is 0 Å². The van der Waals surface area contributed by atoms with Crippen LogP contribution in [0.1, 0.15) is 19.4 Å². The maximum Gasteiger partial charge on any atom is 0.330 e. The Balaban J connectivity index is 2.39. The lowest BCUT2D eigenvalue weighted by molar-refractivity contribution is 0.245. The molecule has 17 heavy (non-hydrogen) atoms. The van der Waals surface area contributed by atoms with Gasteiger partial charge in [-0.05, 0) is 39.0 Å². The number of benzene rings is 1. The molecule has 0 atom stereocenters. The fourth-order valence-electron chi connectivity index (χ4n) is 1.74. The maximum absolute atomic E-state index is 12.0. The summed E-state index contributed by atoms with van der Waals surface area (Å²) < 4.78 is 1.63. The Morgan fingerprint density at radius 3 is 2.82 bits per heavy atom. The number of hydrogen-bond donors (Lipinski definition) is 1. The standard InChI is InChI=1S/C14H16N2O/c1-4-11(3)15-14(17)16-8-7-12-9-10(2)5-6-13(12)16/h4-9H,1-3H3,(H,15,17). The van der Waals surface area contributed by atoms with E-state index >= 15 is 0 Å². The molecule has 0 aliphatic carbocycles. The van der Waals surface area contributed by atoms with Gasteiger partial charge in [-0.3, -0.25) is 4.57 Å². The summed E-state index contributed by atoms with van der Waals surface area (Å²) in [6.07, 6.45) is 3.66. The number of amides is 1. The van der Waals surface area contributed by atoms with Gasteiger partial charge in [-0.2, -0.15) is 0 Å². The third kappa shape index (κ3) is 2.23. The average molecular weight is 228 g/mol. The summed E-state index contributed by atoms with van der Waals surface area (Å²) in [5.41, 5.74) is 2.97. The van der Waals surface area contributed by atoms with Crippen LogP contribution in [-0.4, -0.2) is 10.6 Å². The number of fused-ring (bicyclic) bond motifs is 1. The molecule has 0 aliphatic rings. The number of hydrogen-bond acceptors (Lipinski definition) is 1. The Morgan fingerprint density at radius 1 is 1.35 bits per heavy atom. The average Bonchev–Trinajstić information content (AvgIpc) is 2.71. The van der Waals surface area contributed by atoms with Crippen molar-refractivity contribution in [2.45, 2.75) is 20.8 Å². The summed E-state index contributed by atoms with van der Waals surface area (Å²) >= 11 is 0. The molecular formula is C14H16N2O. The molecule has 3 nitrogen and oxygen atoms in total. The molecule has 0 radical (unpaired) electrons. The van der Waals surface area contributed by atoms with E-state index in [1.54, 1.807) is 10.8 Å². The smallest absolute Gasteiger partial charge is 0.312 e. The second-order valence-electron chi connectivity index (χ2n) is 4.15. The molecule has 0 aliphatic heterocycles. The van der Waals surface area contributed by atoms with Crippen LogP contribution in [0.2, 0.25) is 0 Å². The van der Waals surface area contributed by atoms with Gasteiger partial charge in [0, 0.05) is 17.3 Å². The molecule has 1 N–H and O–H groups in total. The zero-order valence-electron chi connectivity index (χ0n) is 10.3. The minimum absolute atomic E-state index is 0.126. The van der Waals surface area contributed by atoms with Crippen LogP contribution < -0.4 is 5.32 Å². The first kappa shape index (κ1) is 11.5. The van der Waals surface area contributed by atoms with Crippen molar-refractivity contribution in [1.29, 1.82) is 0 Å². The highest BCUT2D eigenvalue weighted by molar-refractivity contribution is 5.92. The Morgan fingerprint density at radius 2 is 2.12 bits per heavy atom. The molecule has 0 saturated carbocycles. The van der Waals surface area contributed by atoms with Crippen molar-refractivity contribution < 1.29 is 4.79 Å². The minimum atomic E-state index is -0.126. The molecule has 3 heteroatoms. The molecule has 0 bridgehead atoms. The van der Waals surface area contributed by atoms with Crippen LogP contribution in [0, 0.1) is 6.92 Å². The van der Waals surface area contributed by atoms with E-state index in [2.05, 4.69) is 11.4 Å². The summed E-state index contributed by atoms with van der Waals surface area (Å²) in [7, 11) is 0. The van der Waals surface area contributed by atoms with Gasteiger partial charge in [0.2, 0.25) is 0 Å². The molecular weight excluding hydrogens is 212 g/mol. The first-order chi connectivity index (χ1) is 8.11. The SMILES string of the molecule is CC=C(C)NC(=O)n1ccc2cc(C)ccc21. The third-order valence-corrected chi connectivity index (χ3v) is 2.80. The summed E-state index contributed by atoms with van der Waals surface area (Å²) in [4.78, 5) is 12.0. The molecule has 1 aromatic carbocycles. The molecule has 0 fully saturated rings. The van der Waals surface area contributed by atoms with Crippen LogP contribution in [0.3, 0.4) is 0 Å². The van der Waals surface area contributed by atoms with Crippen LogP contribution in [0.15, 0.2) is 42.2 Å². The fraction of sp³-hybridized carbons (Fsp3) is 0.214. The quantitative estimate of drug-likeness (QED) is 0.797. The van der Waals surface area contributed by atoms with E-state index in [-0.39, 0.29) is 6.03 Å². The monoisotopic (exact) mass is 228 g/mol. The van der Waals surface area contributed by atoms with Gasteiger partial charge in [0.05, 0.1) is 5.52 Å². The zero-order valence-corrected chi connectivity index (χ0v) is 10.3. The molecule has 2 rings (SSSR count). The van der Waals surface area contributed by atoms with E-state index in [4.69, 9.17) is 0 Å². The number of carbonyl (C=O) groups excluding carboxylic acids is 1. The lowest BCUT2D eigenvalue weighted by atomic mass is 10.2. The van der Waals surface area contributed by atoms with Crippen LogP contribution in [0.25, 0.3) is 10.9 Å². The highest BCUT2D eigenvalue weighted by atomic mass is 16.2. The Labute approximate surface area is 101 Å². The highest BCUT2D eigenvalue weighted by Gasteiger charge is 2.08. The Hall–Kier alpha value is -2.03. The van der Waals surface area contributed by atoms with Crippen molar-refractivity contribution in [3.63, 3.8) is 0 Å². The number of nitrogens with zero attached hydrogens (tertiary/aromatic N) is 1. The van der Waals surface area contributed by atoms with Crippen molar-refractivity contribution in [2.75, 3.05) is 0 Å². The lowest BCUT2D eigenvalue weighted by Gasteiger charge is -2.07. The van der Waals surface area contributed by atoms with E-state index in [0.29, 0.717) is 0 Å². The molecule has 2 aromatic rings. The predicted molar refractivity (Wildman–Crippen MR) is 70.0 cm³/mol. The maximum atomic E-state index is 12.0. The Kier molecular flexibility index (Phi) is 3.00. The third-order valence-electron chi connectivity index (χ3n) is 2.80. The van der Waals surface area contributed by atoms with Gasteiger partial charge in [0.25, 0.3) is 0 Å². The van der Waals surface area contributed by atoms with E-state index in [0.717, 1.165) is 16.6 Å². The van der Waals surface area contributed by atoms with E-state index in [9.17, 15) is 4.79 Å². The fourth-order valence-corrected chi connectivity index (χ4v) is 1.74. The number of nitrogens with one attached hydrogen (secondary N) is 1. The van der Waals surface area contributed by atoms with Crippen LogP contribution >= 0.6 is 0 Å². The molecule has 1 amide bonds. The number of rotatable bonds is 1. The van der Waals surface area contributed by atoms with Gasteiger partial charge in [-0.25, -0.2) is 4.79 Å². The highest BCUT2D eigenvalue weighted by Crippen LogP contribution is 2.17. The summed E-state index contributed by atoms with van der Waals surface area (Å²) in [6, 6.07) is 7.87. The van der Waals surface area contributed by atoms with Gasteiger partial charge in [-0.15, -0.1) is 0 Å². The van der Waals surface area contributed by atoms with Crippen LogP contribution in [-0.2, 0) is 0 Å². The molecule has 0 saturated heterocycles. The molecule has 88 valence electrons. The summed E-state index contributed by atoms with van der Waals surface area (Å²) in [5, 5.41) is 3.91. The van der Waals surface area contributed by atoms with Gasteiger partial charge >= 0.3 is 6.03 Å². The molecule has 0 spiro atoms. The summed E-state index contributed by atoms with van der Waals surface area (Å²) in [5.74, 6) is 0. The number of aryl methyl sites for hydroxylation is 1. The Bertz CT molecular complexity index is 593. The largest absolute Gasteiger partial charge is 0.330 e. The first-order valence-electron chi connectivity index (χ1n) is 5.64. The first-order valence-corrected chi connectivity index (χ1v) is 5.64. The number of allylic oxidation sites excluding steroid dienone is 2. The van der Waals surface area contributed by atoms with Gasteiger partial charge in [0.15, 0.2) is 0 Å². The topological polar surface area (TPSA) is 34.0 Å². The second-order valence-corrected chi connectivity index (χ2v) is 4.15. The second kappa shape index (κ2) is 4.45. The van der Waals surface area contributed by atoms with Crippen molar-refractivity contribution >= 4 is 16.9 Å². The summed E-state index contributed by atoms with van der Waals surface area (Å²) in [6.45, 7) is 5.81. The normalized spacial score (nSPS) is 11.8. The van der Waals surface area contributed by atoms with E-state index < -0.39 is 0 Å². The van der Waals surface area contributed by atoms with E-state index in [1.807, 2.05) is 45.0 Å². The predicted octanol–water partition coefficient (Wildman–Crippen LogP) is 3.43. The van der Waals surface area contributed by atoms with Crippen molar-refractivity contribution in [3.8, 4) is 0 Å². The van der Waals surface area contributed by atoms with Gasteiger partial charge < -0.3 is 5.32 Å². The minimum Gasteiger partial charge on any atom is -0.312 e. The lowest BCUT2D eigenvalue weighted by Crippen LogP contribution is -2.26. The molecule has 1 heterocycles. The van der Waals surface area contributed by atoms with Crippen LogP contribution in [0.5, 0.6) is 0 Å².